The molecular weight excluding hydrogens is 186 g/mol. The molecule has 2 nitrogen and oxygen atoms in total. The summed E-state index contributed by atoms with van der Waals surface area (Å²) in [7, 11) is 0. The highest BCUT2D eigenvalue weighted by atomic mass is 16.5. The summed E-state index contributed by atoms with van der Waals surface area (Å²) in [5.41, 5.74) is 1.27. The highest BCUT2D eigenvalue weighted by Crippen LogP contribution is 2.17. The second-order valence-electron chi connectivity index (χ2n) is 4.24. The van der Waals surface area contributed by atoms with E-state index in [9.17, 15) is 0 Å². The molecule has 0 amide bonds. The van der Waals surface area contributed by atoms with Gasteiger partial charge in [-0.3, -0.25) is 0 Å². The summed E-state index contributed by atoms with van der Waals surface area (Å²) >= 11 is 0. The summed E-state index contributed by atoms with van der Waals surface area (Å²) in [5, 5.41) is 3.48. The Morgan fingerprint density at radius 2 is 2.00 bits per heavy atom. The lowest BCUT2D eigenvalue weighted by Gasteiger charge is -2.26. The molecule has 82 valence electrons. The first-order valence-corrected chi connectivity index (χ1v) is 5.77. The van der Waals surface area contributed by atoms with Crippen LogP contribution in [0.25, 0.3) is 0 Å². The van der Waals surface area contributed by atoms with Gasteiger partial charge in [0.15, 0.2) is 0 Å². The minimum absolute atomic E-state index is 0.756. The number of aryl methyl sites for hydroxylation is 1. The number of nitrogens with one attached hydrogen (secondary N) is 1. The van der Waals surface area contributed by atoms with E-state index >= 15 is 0 Å². The molecule has 1 aliphatic carbocycles. The SMILES string of the molecule is Cc1ccc(OCCNC2CCC2)cc1. The fraction of sp³-hybridized carbons (Fsp3) is 0.538. The summed E-state index contributed by atoms with van der Waals surface area (Å²) in [5.74, 6) is 0.969. The van der Waals surface area contributed by atoms with Crippen molar-refractivity contribution in [3.63, 3.8) is 0 Å². The molecule has 2 rings (SSSR count). The van der Waals surface area contributed by atoms with Gasteiger partial charge in [-0.2, -0.15) is 0 Å². The van der Waals surface area contributed by atoms with E-state index in [1.54, 1.807) is 0 Å². The molecular formula is C13H19NO. The Bertz CT molecular complexity index is 290. The van der Waals surface area contributed by atoms with Crippen molar-refractivity contribution in [3.8, 4) is 5.75 Å². The highest BCUT2D eigenvalue weighted by molar-refractivity contribution is 5.26. The Kier molecular flexibility index (Phi) is 3.62. The van der Waals surface area contributed by atoms with Crippen molar-refractivity contribution in [1.82, 2.24) is 5.32 Å². The van der Waals surface area contributed by atoms with Crippen LogP contribution in [-0.4, -0.2) is 19.2 Å². The van der Waals surface area contributed by atoms with Crippen LogP contribution in [-0.2, 0) is 0 Å². The molecule has 1 fully saturated rings. The van der Waals surface area contributed by atoms with Crippen molar-refractivity contribution >= 4 is 0 Å². The van der Waals surface area contributed by atoms with Crippen LogP contribution in [0.4, 0.5) is 0 Å². The van der Waals surface area contributed by atoms with Gasteiger partial charge in [-0.25, -0.2) is 0 Å². The van der Waals surface area contributed by atoms with Crippen molar-refractivity contribution in [2.75, 3.05) is 13.2 Å². The lowest BCUT2D eigenvalue weighted by atomic mass is 9.93. The van der Waals surface area contributed by atoms with Gasteiger partial charge in [0.2, 0.25) is 0 Å². The third-order valence-electron chi connectivity index (χ3n) is 2.93. The third-order valence-corrected chi connectivity index (χ3v) is 2.93. The van der Waals surface area contributed by atoms with E-state index in [4.69, 9.17) is 4.74 Å². The van der Waals surface area contributed by atoms with E-state index in [1.807, 2.05) is 12.1 Å². The van der Waals surface area contributed by atoms with Crippen LogP contribution < -0.4 is 10.1 Å². The Hall–Kier alpha value is -1.02. The van der Waals surface area contributed by atoms with Crippen LogP contribution in [0, 0.1) is 6.92 Å². The van der Waals surface area contributed by atoms with Crippen LogP contribution in [0.1, 0.15) is 24.8 Å². The molecule has 1 aromatic rings. The second kappa shape index (κ2) is 5.17. The third kappa shape index (κ3) is 3.24. The maximum absolute atomic E-state index is 5.62. The van der Waals surface area contributed by atoms with Gasteiger partial charge < -0.3 is 10.1 Å². The van der Waals surface area contributed by atoms with Crippen LogP contribution in [0.15, 0.2) is 24.3 Å². The zero-order valence-electron chi connectivity index (χ0n) is 9.33. The molecule has 1 aromatic carbocycles. The molecule has 0 radical (unpaired) electrons. The number of rotatable bonds is 5. The van der Waals surface area contributed by atoms with Crippen molar-refractivity contribution in [2.24, 2.45) is 0 Å². The van der Waals surface area contributed by atoms with Gasteiger partial charge in [-0.05, 0) is 31.9 Å². The van der Waals surface area contributed by atoms with Crippen LogP contribution in [0.5, 0.6) is 5.75 Å². The summed E-state index contributed by atoms with van der Waals surface area (Å²) in [6.45, 7) is 3.81. The van der Waals surface area contributed by atoms with Crippen molar-refractivity contribution in [2.45, 2.75) is 32.2 Å². The van der Waals surface area contributed by atoms with E-state index in [1.165, 1.54) is 24.8 Å². The molecule has 1 N–H and O–H groups in total. The van der Waals surface area contributed by atoms with Gasteiger partial charge in [0.25, 0.3) is 0 Å². The molecule has 0 saturated heterocycles. The van der Waals surface area contributed by atoms with Gasteiger partial charge in [-0.1, -0.05) is 24.1 Å². The molecule has 0 spiro atoms. The Morgan fingerprint density at radius 3 is 2.60 bits per heavy atom. The predicted octanol–water partition coefficient (Wildman–Crippen LogP) is 2.52. The summed E-state index contributed by atoms with van der Waals surface area (Å²) < 4.78 is 5.62. The normalized spacial score (nSPS) is 16.1. The molecule has 0 atom stereocenters. The molecule has 0 aliphatic heterocycles. The topological polar surface area (TPSA) is 21.3 Å². The minimum Gasteiger partial charge on any atom is -0.492 e. The Balaban J connectivity index is 1.62. The van der Waals surface area contributed by atoms with E-state index in [0.717, 1.165) is 24.9 Å². The standard InChI is InChI=1S/C13H19NO/c1-11-5-7-13(8-6-11)15-10-9-14-12-3-2-4-12/h5-8,12,14H,2-4,9-10H2,1H3. The maximum Gasteiger partial charge on any atom is 0.119 e. The van der Waals surface area contributed by atoms with Gasteiger partial charge in [0, 0.05) is 12.6 Å². The quantitative estimate of drug-likeness (QED) is 0.746. The Morgan fingerprint density at radius 1 is 1.27 bits per heavy atom. The number of hydrogen-bond acceptors (Lipinski definition) is 2. The highest BCUT2D eigenvalue weighted by Gasteiger charge is 2.15. The summed E-state index contributed by atoms with van der Waals surface area (Å²) in [6, 6.07) is 8.97. The Labute approximate surface area is 91.6 Å². The molecule has 1 saturated carbocycles. The van der Waals surface area contributed by atoms with Gasteiger partial charge in [0.05, 0.1) is 0 Å². The molecule has 0 aromatic heterocycles. The van der Waals surface area contributed by atoms with E-state index < -0.39 is 0 Å². The van der Waals surface area contributed by atoms with Crippen LogP contribution in [0.2, 0.25) is 0 Å². The van der Waals surface area contributed by atoms with Crippen LogP contribution >= 0.6 is 0 Å². The lowest BCUT2D eigenvalue weighted by Crippen LogP contribution is -2.37. The maximum atomic E-state index is 5.62. The van der Waals surface area contributed by atoms with Gasteiger partial charge in [-0.15, -0.1) is 0 Å². The molecule has 0 unspecified atom stereocenters. The molecule has 0 heterocycles. The van der Waals surface area contributed by atoms with E-state index in [0.29, 0.717) is 0 Å². The average Bonchev–Trinajstić information content (AvgIpc) is 2.18. The smallest absolute Gasteiger partial charge is 0.119 e. The van der Waals surface area contributed by atoms with Crippen molar-refractivity contribution in [1.29, 1.82) is 0 Å². The summed E-state index contributed by atoms with van der Waals surface area (Å²) in [4.78, 5) is 0. The fourth-order valence-electron chi connectivity index (χ4n) is 1.68. The molecule has 2 heteroatoms. The fourth-order valence-corrected chi connectivity index (χ4v) is 1.68. The largest absolute Gasteiger partial charge is 0.492 e. The monoisotopic (exact) mass is 205 g/mol. The first-order chi connectivity index (χ1) is 7.34. The summed E-state index contributed by atoms with van der Waals surface area (Å²) in [6.07, 6.45) is 4.06. The molecule has 15 heavy (non-hydrogen) atoms. The number of benzene rings is 1. The average molecular weight is 205 g/mol. The minimum atomic E-state index is 0.756. The van der Waals surface area contributed by atoms with Crippen LogP contribution in [0.3, 0.4) is 0 Å². The lowest BCUT2D eigenvalue weighted by molar-refractivity contribution is 0.276. The van der Waals surface area contributed by atoms with E-state index in [2.05, 4.69) is 24.4 Å². The van der Waals surface area contributed by atoms with Crippen molar-refractivity contribution < 1.29 is 4.74 Å². The molecule has 1 aliphatic rings. The van der Waals surface area contributed by atoms with Gasteiger partial charge >= 0.3 is 0 Å². The predicted molar refractivity (Wildman–Crippen MR) is 62.3 cm³/mol. The number of hydrogen-bond donors (Lipinski definition) is 1. The molecule has 0 bridgehead atoms. The zero-order valence-corrected chi connectivity index (χ0v) is 9.33. The second-order valence-corrected chi connectivity index (χ2v) is 4.24. The van der Waals surface area contributed by atoms with Gasteiger partial charge in [0.1, 0.15) is 12.4 Å². The zero-order chi connectivity index (χ0) is 10.5. The first-order valence-electron chi connectivity index (χ1n) is 5.77. The first kappa shape index (κ1) is 10.5. The van der Waals surface area contributed by atoms with E-state index in [-0.39, 0.29) is 0 Å². The number of ether oxygens (including phenoxy) is 1. The van der Waals surface area contributed by atoms with Crippen molar-refractivity contribution in [3.05, 3.63) is 29.8 Å².